The number of nitrogens with two attached hydrogens (primary N) is 1. The number of hydrogen-bond donors (Lipinski definition) is 1. The summed E-state index contributed by atoms with van der Waals surface area (Å²) in [6, 6.07) is 3.20. The highest BCUT2D eigenvalue weighted by Gasteiger charge is 2.22. The van der Waals surface area contributed by atoms with Crippen molar-refractivity contribution in [1.82, 2.24) is 4.90 Å². The van der Waals surface area contributed by atoms with Crippen LogP contribution in [0.25, 0.3) is 0 Å². The van der Waals surface area contributed by atoms with Crippen LogP contribution in [0.1, 0.15) is 42.1 Å². The van der Waals surface area contributed by atoms with E-state index in [2.05, 4.69) is 45.6 Å². The number of hydrogen-bond acceptors (Lipinski definition) is 3. The summed E-state index contributed by atoms with van der Waals surface area (Å²) < 4.78 is 0. The van der Waals surface area contributed by atoms with Crippen molar-refractivity contribution < 1.29 is 0 Å². The normalized spacial score (nSPS) is 13.8. The molecule has 0 fully saturated rings. The highest BCUT2D eigenvalue weighted by molar-refractivity contribution is 7.12. The molecule has 1 unspecified atom stereocenters. The first kappa shape index (κ1) is 13.7. The summed E-state index contributed by atoms with van der Waals surface area (Å²) in [5.74, 6) is 0. The topological polar surface area (TPSA) is 29.3 Å². The third-order valence-corrected chi connectivity index (χ3v) is 4.07. The van der Waals surface area contributed by atoms with Gasteiger partial charge in [-0.25, -0.2) is 0 Å². The van der Waals surface area contributed by atoms with Gasteiger partial charge in [0.1, 0.15) is 0 Å². The summed E-state index contributed by atoms with van der Waals surface area (Å²) in [6.07, 6.45) is 0. The molecule has 0 amide bonds. The molecule has 1 rings (SSSR count). The second-order valence-electron chi connectivity index (χ2n) is 4.54. The lowest BCUT2D eigenvalue weighted by Crippen LogP contribution is -2.38. The van der Waals surface area contributed by atoms with Crippen molar-refractivity contribution in [2.45, 2.75) is 46.7 Å². The molecule has 0 spiro atoms. The van der Waals surface area contributed by atoms with Crippen LogP contribution >= 0.6 is 11.3 Å². The predicted molar refractivity (Wildman–Crippen MR) is 73.1 cm³/mol. The van der Waals surface area contributed by atoms with Gasteiger partial charge >= 0.3 is 0 Å². The number of thiophene rings is 1. The van der Waals surface area contributed by atoms with E-state index in [1.165, 1.54) is 15.3 Å². The van der Waals surface area contributed by atoms with Crippen LogP contribution in [-0.4, -0.2) is 24.0 Å². The Morgan fingerprint density at radius 3 is 2.31 bits per heavy atom. The standard InChI is InChI=1S/C13H24N2S/c1-6-15(9(2)3)13(8-14)12-7-10(4)16-11(12)5/h7,9,13H,6,8,14H2,1-5H3. The minimum absolute atomic E-state index is 0.370. The van der Waals surface area contributed by atoms with Crippen molar-refractivity contribution in [3.05, 3.63) is 21.4 Å². The highest BCUT2D eigenvalue weighted by Crippen LogP contribution is 2.30. The van der Waals surface area contributed by atoms with Crippen LogP contribution in [0.5, 0.6) is 0 Å². The van der Waals surface area contributed by atoms with Crippen LogP contribution in [0.15, 0.2) is 6.07 Å². The molecule has 16 heavy (non-hydrogen) atoms. The van der Waals surface area contributed by atoms with Crippen LogP contribution in [0.4, 0.5) is 0 Å². The van der Waals surface area contributed by atoms with Crippen molar-refractivity contribution >= 4 is 11.3 Å². The van der Waals surface area contributed by atoms with E-state index < -0.39 is 0 Å². The SMILES string of the molecule is CCN(C(C)C)C(CN)c1cc(C)sc1C. The third-order valence-electron chi connectivity index (χ3n) is 3.09. The van der Waals surface area contributed by atoms with Gasteiger partial charge in [-0.15, -0.1) is 11.3 Å². The maximum Gasteiger partial charge on any atom is 0.0484 e. The first-order chi connectivity index (χ1) is 7.51. The molecule has 92 valence electrons. The minimum Gasteiger partial charge on any atom is -0.329 e. The molecule has 1 atom stereocenters. The molecule has 0 aliphatic carbocycles. The van der Waals surface area contributed by atoms with Crippen LogP contribution in [-0.2, 0) is 0 Å². The summed E-state index contributed by atoms with van der Waals surface area (Å²) in [6.45, 7) is 12.8. The van der Waals surface area contributed by atoms with Gasteiger partial charge in [0.25, 0.3) is 0 Å². The van der Waals surface area contributed by atoms with Gasteiger partial charge in [-0.2, -0.15) is 0 Å². The van der Waals surface area contributed by atoms with E-state index in [-0.39, 0.29) is 0 Å². The van der Waals surface area contributed by atoms with E-state index in [0.29, 0.717) is 18.6 Å². The van der Waals surface area contributed by atoms with Crippen LogP contribution in [0, 0.1) is 13.8 Å². The molecular formula is C13H24N2S. The van der Waals surface area contributed by atoms with Crippen molar-refractivity contribution in [3.63, 3.8) is 0 Å². The zero-order valence-corrected chi connectivity index (χ0v) is 11.9. The Balaban J connectivity index is 3.01. The Kier molecular flexibility index (Phi) is 4.96. The molecule has 0 aliphatic heterocycles. The average Bonchev–Trinajstić information content (AvgIpc) is 2.53. The van der Waals surface area contributed by atoms with E-state index >= 15 is 0 Å². The summed E-state index contributed by atoms with van der Waals surface area (Å²) in [5, 5.41) is 0. The monoisotopic (exact) mass is 240 g/mol. The quantitative estimate of drug-likeness (QED) is 0.857. The largest absolute Gasteiger partial charge is 0.329 e. The first-order valence-electron chi connectivity index (χ1n) is 6.04. The van der Waals surface area contributed by atoms with E-state index in [9.17, 15) is 0 Å². The maximum atomic E-state index is 5.96. The number of aryl methyl sites for hydroxylation is 2. The molecule has 0 saturated heterocycles. The molecule has 0 bridgehead atoms. The summed E-state index contributed by atoms with van der Waals surface area (Å²) in [4.78, 5) is 5.26. The maximum absolute atomic E-state index is 5.96. The summed E-state index contributed by atoms with van der Waals surface area (Å²) >= 11 is 1.87. The molecule has 0 aliphatic rings. The molecule has 2 nitrogen and oxygen atoms in total. The van der Waals surface area contributed by atoms with Gasteiger partial charge in [0.2, 0.25) is 0 Å². The number of likely N-dealkylation sites (N-methyl/N-ethyl adjacent to an activating group) is 1. The summed E-state index contributed by atoms with van der Waals surface area (Å²) in [5.41, 5.74) is 7.38. The van der Waals surface area contributed by atoms with Crippen LogP contribution in [0.3, 0.4) is 0 Å². The van der Waals surface area contributed by atoms with Crippen molar-refractivity contribution in [2.24, 2.45) is 5.73 Å². The minimum atomic E-state index is 0.370. The number of rotatable bonds is 5. The zero-order valence-electron chi connectivity index (χ0n) is 11.1. The van der Waals surface area contributed by atoms with Gasteiger partial charge < -0.3 is 5.73 Å². The Morgan fingerprint density at radius 2 is 2.00 bits per heavy atom. The molecule has 3 heteroatoms. The van der Waals surface area contributed by atoms with Gasteiger partial charge in [-0.1, -0.05) is 6.92 Å². The highest BCUT2D eigenvalue weighted by atomic mass is 32.1. The van der Waals surface area contributed by atoms with E-state index in [1.807, 2.05) is 11.3 Å². The molecule has 2 N–H and O–H groups in total. The van der Waals surface area contributed by atoms with Crippen molar-refractivity contribution in [2.75, 3.05) is 13.1 Å². The van der Waals surface area contributed by atoms with Gasteiger partial charge in [-0.05, 0) is 45.9 Å². The smallest absolute Gasteiger partial charge is 0.0484 e. The second-order valence-corrected chi connectivity index (χ2v) is 6.00. The molecule has 0 saturated carbocycles. The lowest BCUT2D eigenvalue weighted by atomic mass is 10.0. The molecule has 0 radical (unpaired) electrons. The van der Waals surface area contributed by atoms with Crippen LogP contribution < -0.4 is 5.73 Å². The molecule has 1 heterocycles. The summed E-state index contributed by atoms with van der Waals surface area (Å²) in [7, 11) is 0. The fraction of sp³-hybridized carbons (Fsp3) is 0.692. The fourth-order valence-electron chi connectivity index (χ4n) is 2.37. The second kappa shape index (κ2) is 5.80. The Labute approximate surface area is 103 Å². The lowest BCUT2D eigenvalue weighted by molar-refractivity contribution is 0.166. The first-order valence-corrected chi connectivity index (χ1v) is 6.85. The zero-order chi connectivity index (χ0) is 12.3. The van der Waals surface area contributed by atoms with Crippen LogP contribution in [0.2, 0.25) is 0 Å². The fourth-order valence-corrected chi connectivity index (χ4v) is 3.35. The number of nitrogens with zero attached hydrogens (tertiary/aromatic N) is 1. The third kappa shape index (κ3) is 2.84. The molecule has 0 aromatic carbocycles. The van der Waals surface area contributed by atoms with Gasteiger partial charge in [0, 0.05) is 28.4 Å². The Hall–Kier alpha value is -0.380. The van der Waals surface area contributed by atoms with E-state index in [1.54, 1.807) is 0 Å². The average molecular weight is 240 g/mol. The van der Waals surface area contributed by atoms with E-state index in [4.69, 9.17) is 5.73 Å². The molecule has 1 aromatic rings. The molecule has 1 aromatic heterocycles. The van der Waals surface area contributed by atoms with Crippen molar-refractivity contribution in [3.8, 4) is 0 Å². The Morgan fingerprint density at radius 1 is 1.38 bits per heavy atom. The predicted octanol–water partition coefficient (Wildman–Crippen LogP) is 3.10. The van der Waals surface area contributed by atoms with E-state index in [0.717, 1.165) is 6.54 Å². The van der Waals surface area contributed by atoms with Gasteiger partial charge in [-0.3, -0.25) is 4.90 Å². The molecular weight excluding hydrogens is 216 g/mol. The van der Waals surface area contributed by atoms with Crippen molar-refractivity contribution in [1.29, 1.82) is 0 Å². The van der Waals surface area contributed by atoms with Gasteiger partial charge in [0.15, 0.2) is 0 Å². The lowest BCUT2D eigenvalue weighted by Gasteiger charge is -2.33. The van der Waals surface area contributed by atoms with Gasteiger partial charge in [0.05, 0.1) is 0 Å². The Bertz CT molecular complexity index is 331.